The van der Waals surface area contributed by atoms with Gasteiger partial charge >= 0.3 is 0 Å². The summed E-state index contributed by atoms with van der Waals surface area (Å²) < 4.78 is 0. The van der Waals surface area contributed by atoms with Crippen LogP contribution in [0.1, 0.15) is 49.8 Å². The number of anilines is 1. The van der Waals surface area contributed by atoms with Gasteiger partial charge in [0.15, 0.2) is 5.82 Å². The Morgan fingerprint density at radius 3 is 2.47 bits per heavy atom. The summed E-state index contributed by atoms with van der Waals surface area (Å²) in [7, 11) is 0. The van der Waals surface area contributed by atoms with Crippen LogP contribution >= 0.6 is 11.6 Å². The smallest absolute Gasteiger partial charge is 0.204 e. The molecule has 6 nitrogen and oxygen atoms in total. The molecule has 0 atom stereocenters. The highest BCUT2D eigenvalue weighted by atomic mass is 35.5. The van der Waals surface area contributed by atoms with Gasteiger partial charge in [0.05, 0.1) is 10.7 Å². The minimum absolute atomic E-state index is 0.455. The van der Waals surface area contributed by atoms with Gasteiger partial charge in [0.1, 0.15) is 11.4 Å². The van der Waals surface area contributed by atoms with Crippen LogP contribution in [-0.2, 0) is 0 Å². The van der Waals surface area contributed by atoms with Crippen molar-refractivity contribution >= 4 is 34.4 Å². The maximum Gasteiger partial charge on any atom is 0.204 e. The van der Waals surface area contributed by atoms with Crippen molar-refractivity contribution in [3.63, 3.8) is 0 Å². The van der Waals surface area contributed by atoms with Crippen molar-refractivity contribution < 1.29 is 0 Å². The fraction of sp³-hybridized carbons (Fsp3) is 0.304. The molecular weight excluding hydrogens is 396 g/mol. The fourth-order valence-electron chi connectivity index (χ4n) is 3.69. The predicted octanol–water partition coefficient (Wildman–Crippen LogP) is 5.04. The van der Waals surface area contributed by atoms with E-state index in [2.05, 4.69) is 36.0 Å². The lowest BCUT2D eigenvalue weighted by molar-refractivity contribution is 0.726. The summed E-state index contributed by atoms with van der Waals surface area (Å²) in [6.07, 6.45) is 2.29. The second kappa shape index (κ2) is 7.69. The van der Waals surface area contributed by atoms with Gasteiger partial charge in [-0.1, -0.05) is 29.8 Å². The molecule has 0 saturated heterocycles. The van der Waals surface area contributed by atoms with Crippen molar-refractivity contribution in [3.8, 4) is 0 Å². The van der Waals surface area contributed by atoms with Crippen molar-refractivity contribution in [3.05, 3.63) is 70.8 Å². The first-order valence-corrected chi connectivity index (χ1v) is 10.8. The quantitative estimate of drug-likeness (QED) is 0.563. The Morgan fingerprint density at radius 2 is 1.80 bits per heavy atom. The summed E-state index contributed by atoms with van der Waals surface area (Å²) in [5, 5.41) is 9.93. The zero-order chi connectivity index (χ0) is 20.7. The number of benzene rings is 2. The Hall–Kier alpha value is -2.99. The SMILES string of the molecule is CCN(CC)c1ccc(N=C2C(c3ccccc3Cl)=Nn3nc(C4CC4)nc32)cc1. The van der Waals surface area contributed by atoms with Gasteiger partial charge < -0.3 is 4.90 Å². The maximum absolute atomic E-state index is 6.47. The fourth-order valence-corrected chi connectivity index (χ4v) is 3.92. The van der Waals surface area contributed by atoms with Crippen LogP contribution in [0.25, 0.3) is 0 Å². The minimum Gasteiger partial charge on any atom is -0.372 e. The first-order valence-electron chi connectivity index (χ1n) is 10.4. The molecule has 5 rings (SSSR count). The Balaban J connectivity index is 1.57. The van der Waals surface area contributed by atoms with Gasteiger partial charge in [0.2, 0.25) is 5.82 Å². The molecule has 0 N–H and O–H groups in total. The molecule has 1 aliphatic heterocycles. The Bertz CT molecular complexity index is 1140. The van der Waals surface area contributed by atoms with E-state index in [0.717, 1.165) is 43.0 Å². The lowest BCUT2D eigenvalue weighted by atomic mass is 10.1. The largest absolute Gasteiger partial charge is 0.372 e. The van der Waals surface area contributed by atoms with Gasteiger partial charge in [-0.25, -0.2) is 9.98 Å². The molecule has 0 unspecified atom stereocenters. The van der Waals surface area contributed by atoms with E-state index in [4.69, 9.17) is 26.7 Å². The molecule has 152 valence electrons. The van der Waals surface area contributed by atoms with Gasteiger partial charge in [0.25, 0.3) is 0 Å². The van der Waals surface area contributed by atoms with Crippen LogP contribution in [0.15, 0.2) is 58.6 Å². The summed E-state index contributed by atoms with van der Waals surface area (Å²) in [6.45, 7) is 6.26. The molecule has 2 heterocycles. The average molecular weight is 419 g/mol. The Labute approximate surface area is 180 Å². The summed E-state index contributed by atoms with van der Waals surface area (Å²) in [5.74, 6) is 1.99. The highest BCUT2D eigenvalue weighted by Crippen LogP contribution is 2.38. The number of rotatable bonds is 6. The van der Waals surface area contributed by atoms with Crippen LogP contribution in [0.5, 0.6) is 0 Å². The standard InChI is InChI=1S/C23H23ClN6/c1-3-29(4-2)17-13-11-16(12-14-17)25-21-20(18-7-5-6-8-19(18)24)27-30-23(21)26-22(28-30)15-9-10-15/h5-8,11-15H,3-4,9-10H2,1-2H3. The third kappa shape index (κ3) is 3.41. The number of aliphatic imine (C=N–C) groups is 1. The van der Waals surface area contributed by atoms with Crippen molar-refractivity contribution in [1.82, 2.24) is 14.9 Å². The van der Waals surface area contributed by atoms with E-state index in [0.29, 0.717) is 28.2 Å². The number of nitrogens with zero attached hydrogens (tertiary/aromatic N) is 6. The summed E-state index contributed by atoms with van der Waals surface area (Å²) in [4.78, 5) is 13.6. The maximum atomic E-state index is 6.47. The molecule has 0 amide bonds. The normalized spacial score (nSPS) is 16.6. The van der Waals surface area contributed by atoms with Crippen LogP contribution in [0.3, 0.4) is 0 Å². The van der Waals surface area contributed by atoms with Crippen LogP contribution < -0.4 is 4.90 Å². The molecule has 1 aliphatic carbocycles. The second-order valence-corrected chi connectivity index (χ2v) is 7.94. The van der Waals surface area contributed by atoms with Gasteiger partial charge in [-0.05, 0) is 57.0 Å². The molecular formula is C23H23ClN6. The summed E-state index contributed by atoms with van der Waals surface area (Å²) >= 11 is 6.47. The molecule has 7 heteroatoms. The molecule has 1 aromatic heterocycles. The molecule has 1 saturated carbocycles. The molecule has 0 bridgehead atoms. The number of hydrogen-bond donors (Lipinski definition) is 0. The molecule has 2 aromatic carbocycles. The van der Waals surface area contributed by atoms with E-state index >= 15 is 0 Å². The zero-order valence-corrected chi connectivity index (χ0v) is 17.8. The van der Waals surface area contributed by atoms with E-state index in [9.17, 15) is 0 Å². The number of halogens is 1. The number of hydrogen-bond acceptors (Lipinski definition) is 5. The molecule has 1 fully saturated rings. The number of fused-ring (bicyclic) bond motifs is 1. The van der Waals surface area contributed by atoms with Crippen molar-refractivity contribution in [2.75, 3.05) is 18.0 Å². The first-order chi connectivity index (χ1) is 14.7. The average Bonchev–Trinajstić information content (AvgIpc) is 3.45. The second-order valence-electron chi connectivity index (χ2n) is 7.53. The van der Waals surface area contributed by atoms with E-state index in [1.54, 1.807) is 4.79 Å². The first kappa shape index (κ1) is 19.0. The van der Waals surface area contributed by atoms with Crippen LogP contribution in [0.4, 0.5) is 11.4 Å². The topological polar surface area (TPSA) is 58.7 Å². The minimum atomic E-state index is 0.455. The van der Waals surface area contributed by atoms with Gasteiger partial charge in [-0.15, -0.1) is 15.0 Å². The molecule has 2 aliphatic rings. The lowest BCUT2D eigenvalue weighted by Crippen LogP contribution is -2.21. The van der Waals surface area contributed by atoms with Gasteiger partial charge in [-0.2, -0.15) is 0 Å². The highest BCUT2D eigenvalue weighted by molar-refractivity contribution is 6.56. The molecule has 0 spiro atoms. The third-order valence-corrected chi connectivity index (χ3v) is 5.86. The predicted molar refractivity (Wildman–Crippen MR) is 122 cm³/mol. The highest BCUT2D eigenvalue weighted by Gasteiger charge is 2.34. The zero-order valence-electron chi connectivity index (χ0n) is 17.1. The Morgan fingerprint density at radius 1 is 1.07 bits per heavy atom. The van der Waals surface area contributed by atoms with Crippen molar-refractivity contribution in [2.24, 2.45) is 10.1 Å². The molecule has 30 heavy (non-hydrogen) atoms. The van der Waals surface area contributed by atoms with Gasteiger partial charge in [0, 0.05) is 30.3 Å². The molecule has 3 aromatic rings. The third-order valence-electron chi connectivity index (χ3n) is 5.53. The monoisotopic (exact) mass is 418 g/mol. The van der Waals surface area contributed by atoms with Crippen LogP contribution in [0.2, 0.25) is 5.02 Å². The number of aromatic nitrogens is 3. The van der Waals surface area contributed by atoms with E-state index in [1.165, 1.54) is 5.69 Å². The van der Waals surface area contributed by atoms with Crippen molar-refractivity contribution in [1.29, 1.82) is 0 Å². The Kier molecular flexibility index (Phi) is 4.87. The lowest BCUT2D eigenvalue weighted by Gasteiger charge is -2.20. The summed E-state index contributed by atoms with van der Waals surface area (Å²) in [5.41, 5.74) is 4.28. The van der Waals surface area contributed by atoms with Crippen LogP contribution in [0, 0.1) is 0 Å². The van der Waals surface area contributed by atoms with Gasteiger partial charge in [-0.3, -0.25) is 0 Å². The van der Waals surface area contributed by atoms with Crippen molar-refractivity contribution in [2.45, 2.75) is 32.6 Å². The van der Waals surface area contributed by atoms with Crippen LogP contribution in [-0.4, -0.2) is 39.4 Å². The molecule has 0 radical (unpaired) electrons. The van der Waals surface area contributed by atoms with E-state index in [1.807, 2.05) is 36.4 Å². The summed E-state index contributed by atoms with van der Waals surface area (Å²) in [6, 6.07) is 15.9. The van der Waals surface area contributed by atoms with E-state index in [-0.39, 0.29) is 0 Å². The van der Waals surface area contributed by atoms with E-state index < -0.39 is 0 Å².